The molecule has 0 bridgehead atoms. The van der Waals surface area contributed by atoms with Crippen molar-refractivity contribution in [3.05, 3.63) is 33.9 Å². The number of amides is 1. The predicted octanol–water partition coefficient (Wildman–Crippen LogP) is 4.33. The van der Waals surface area contributed by atoms with Gasteiger partial charge in [0.15, 0.2) is 0 Å². The van der Waals surface area contributed by atoms with E-state index in [1.165, 1.54) is 25.3 Å². The molecule has 0 aromatic heterocycles. The molecule has 1 saturated carbocycles. The van der Waals surface area contributed by atoms with E-state index in [1.54, 1.807) is 0 Å². The Kier molecular flexibility index (Phi) is 6.03. The summed E-state index contributed by atoms with van der Waals surface area (Å²) in [6, 6.07) is 4.31. The molecule has 138 valence electrons. The quantitative estimate of drug-likeness (QED) is 0.613. The SMILES string of the molecule is CCC(C)(C)C1CCC(NC(=O)c2cc(OC)ccc2[N+](=O)[O-])CC1. The zero-order valence-corrected chi connectivity index (χ0v) is 15.5. The van der Waals surface area contributed by atoms with Crippen LogP contribution in [-0.4, -0.2) is 24.0 Å². The van der Waals surface area contributed by atoms with Gasteiger partial charge in [-0.15, -0.1) is 0 Å². The third-order valence-electron chi connectivity index (χ3n) is 5.72. The summed E-state index contributed by atoms with van der Waals surface area (Å²) in [5, 5.41) is 14.2. The van der Waals surface area contributed by atoms with Crippen molar-refractivity contribution in [2.24, 2.45) is 11.3 Å². The molecule has 6 nitrogen and oxygen atoms in total. The number of methoxy groups -OCH3 is 1. The van der Waals surface area contributed by atoms with Gasteiger partial charge < -0.3 is 10.1 Å². The molecule has 1 aliphatic carbocycles. The zero-order chi connectivity index (χ0) is 18.6. The van der Waals surface area contributed by atoms with Crippen LogP contribution in [0.5, 0.6) is 5.75 Å². The second kappa shape index (κ2) is 7.85. The number of nitro groups is 1. The molecule has 0 spiro atoms. The van der Waals surface area contributed by atoms with E-state index in [9.17, 15) is 14.9 Å². The largest absolute Gasteiger partial charge is 0.497 e. The van der Waals surface area contributed by atoms with Crippen LogP contribution in [0.4, 0.5) is 5.69 Å². The highest BCUT2D eigenvalue weighted by molar-refractivity contribution is 5.98. The van der Waals surface area contributed by atoms with E-state index in [0.29, 0.717) is 17.1 Å². The lowest BCUT2D eigenvalue weighted by Gasteiger charge is -2.39. The first kappa shape index (κ1) is 19.2. The smallest absolute Gasteiger partial charge is 0.282 e. The van der Waals surface area contributed by atoms with Crippen molar-refractivity contribution in [1.29, 1.82) is 0 Å². The van der Waals surface area contributed by atoms with Crippen LogP contribution >= 0.6 is 0 Å². The average molecular weight is 348 g/mol. The van der Waals surface area contributed by atoms with Gasteiger partial charge in [-0.05, 0) is 49.1 Å². The number of nitrogens with one attached hydrogen (secondary N) is 1. The van der Waals surface area contributed by atoms with Gasteiger partial charge in [-0.2, -0.15) is 0 Å². The molecule has 1 aromatic carbocycles. The summed E-state index contributed by atoms with van der Waals surface area (Å²) >= 11 is 0. The van der Waals surface area contributed by atoms with Gasteiger partial charge >= 0.3 is 0 Å². The van der Waals surface area contributed by atoms with E-state index in [0.717, 1.165) is 32.1 Å². The fourth-order valence-corrected chi connectivity index (χ4v) is 3.55. The molecule has 0 saturated heterocycles. The third-order valence-corrected chi connectivity index (χ3v) is 5.72. The molecule has 0 atom stereocenters. The highest BCUT2D eigenvalue weighted by atomic mass is 16.6. The number of hydrogen-bond donors (Lipinski definition) is 1. The van der Waals surface area contributed by atoms with Crippen LogP contribution in [0.25, 0.3) is 0 Å². The summed E-state index contributed by atoms with van der Waals surface area (Å²) in [5.74, 6) is 0.699. The summed E-state index contributed by atoms with van der Waals surface area (Å²) in [7, 11) is 1.47. The van der Waals surface area contributed by atoms with E-state index in [-0.39, 0.29) is 17.3 Å². The molecule has 0 heterocycles. The number of nitrogens with zero attached hydrogens (tertiary/aromatic N) is 1. The van der Waals surface area contributed by atoms with Crippen molar-refractivity contribution < 1.29 is 14.5 Å². The number of carbonyl (C=O) groups is 1. The Balaban J connectivity index is 2.05. The Morgan fingerprint density at radius 3 is 2.48 bits per heavy atom. The summed E-state index contributed by atoms with van der Waals surface area (Å²) in [5.41, 5.74) is 0.181. The molecule has 2 rings (SSSR count). The Morgan fingerprint density at radius 1 is 1.32 bits per heavy atom. The number of hydrogen-bond acceptors (Lipinski definition) is 4. The van der Waals surface area contributed by atoms with Crippen molar-refractivity contribution in [3.63, 3.8) is 0 Å². The van der Waals surface area contributed by atoms with Crippen LogP contribution < -0.4 is 10.1 Å². The van der Waals surface area contributed by atoms with Crippen LogP contribution in [-0.2, 0) is 0 Å². The van der Waals surface area contributed by atoms with Crippen molar-refractivity contribution in [1.82, 2.24) is 5.32 Å². The number of rotatable bonds is 6. The second-order valence-electron chi connectivity index (χ2n) is 7.50. The van der Waals surface area contributed by atoms with Gasteiger partial charge in [0.2, 0.25) is 0 Å². The first-order chi connectivity index (χ1) is 11.8. The first-order valence-electron chi connectivity index (χ1n) is 8.91. The van der Waals surface area contributed by atoms with E-state index in [4.69, 9.17) is 4.74 Å². The minimum absolute atomic E-state index is 0.0559. The van der Waals surface area contributed by atoms with Gasteiger partial charge in [0.05, 0.1) is 12.0 Å². The maximum absolute atomic E-state index is 12.6. The van der Waals surface area contributed by atoms with Gasteiger partial charge in [-0.1, -0.05) is 27.2 Å². The normalized spacial score (nSPS) is 20.8. The fraction of sp³-hybridized carbons (Fsp3) is 0.632. The van der Waals surface area contributed by atoms with E-state index < -0.39 is 10.8 Å². The molecule has 1 aromatic rings. The van der Waals surface area contributed by atoms with Gasteiger partial charge in [0.1, 0.15) is 11.3 Å². The lowest BCUT2D eigenvalue weighted by atomic mass is 9.69. The molecule has 0 unspecified atom stereocenters. The van der Waals surface area contributed by atoms with Crippen LogP contribution in [0.2, 0.25) is 0 Å². The van der Waals surface area contributed by atoms with E-state index in [1.807, 2.05) is 0 Å². The average Bonchev–Trinajstić information content (AvgIpc) is 2.61. The van der Waals surface area contributed by atoms with Crippen molar-refractivity contribution in [2.75, 3.05) is 7.11 Å². The van der Waals surface area contributed by atoms with Gasteiger partial charge in [-0.25, -0.2) is 0 Å². The summed E-state index contributed by atoms with van der Waals surface area (Å²) < 4.78 is 5.09. The summed E-state index contributed by atoms with van der Waals surface area (Å²) in [4.78, 5) is 23.2. The van der Waals surface area contributed by atoms with Gasteiger partial charge in [0, 0.05) is 12.1 Å². The van der Waals surface area contributed by atoms with E-state index in [2.05, 4.69) is 26.1 Å². The van der Waals surface area contributed by atoms with Crippen molar-refractivity contribution in [3.8, 4) is 5.75 Å². The minimum atomic E-state index is -0.533. The van der Waals surface area contributed by atoms with Crippen molar-refractivity contribution in [2.45, 2.75) is 58.9 Å². The maximum Gasteiger partial charge on any atom is 0.282 e. The number of nitro benzene ring substituents is 1. The predicted molar refractivity (Wildman–Crippen MR) is 96.9 cm³/mol. The second-order valence-corrected chi connectivity index (χ2v) is 7.50. The molecule has 1 fully saturated rings. The molecular weight excluding hydrogens is 320 g/mol. The van der Waals surface area contributed by atoms with Gasteiger partial charge in [0.25, 0.3) is 11.6 Å². The Morgan fingerprint density at radius 2 is 1.96 bits per heavy atom. The molecule has 1 amide bonds. The maximum atomic E-state index is 12.6. The van der Waals surface area contributed by atoms with E-state index >= 15 is 0 Å². The van der Waals surface area contributed by atoms with Crippen LogP contribution in [0.3, 0.4) is 0 Å². The topological polar surface area (TPSA) is 81.5 Å². The molecule has 25 heavy (non-hydrogen) atoms. The van der Waals surface area contributed by atoms with Crippen LogP contribution in [0, 0.1) is 21.4 Å². The third kappa shape index (κ3) is 4.50. The van der Waals surface area contributed by atoms with Gasteiger partial charge in [-0.3, -0.25) is 14.9 Å². The zero-order valence-electron chi connectivity index (χ0n) is 15.5. The number of ether oxygens (including phenoxy) is 1. The Labute approximate surface area is 149 Å². The fourth-order valence-electron chi connectivity index (χ4n) is 3.55. The Bertz CT molecular complexity index is 634. The minimum Gasteiger partial charge on any atom is -0.497 e. The first-order valence-corrected chi connectivity index (χ1v) is 8.91. The van der Waals surface area contributed by atoms with Crippen molar-refractivity contribution >= 4 is 11.6 Å². The summed E-state index contributed by atoms with van der Waals surface area (Å²) in [6.07, 6.45) is 5.12. The molecule has 0 aliphatic heterocycles. The molecular formula is C19H28N2O4. The summed E-state index contributed by atoms with van der Waals surface area (Å²) in [6.45, 7) is 6.82. The van der Waals surface area contributed by atoms with Crippen LogP contribution in [0.1, 0.15) is 63.2 Å². The van der Waals surface area contributed by atoms with Crippen LogP contribution in [0.15, 0.2) is 18.2 Å². The lowest BCUT2D eigenvalue weighted by molar-refractivity contribution is -0.385. The standard InChI is InChI=1S/C19H28N2O4/c1-5-19(2,3)13-6-8-14(9-7-13)20-18(22)16-12-15(25-4)10-11-17(16)21(23)24/h10-14H,5-9H2,1-4H3,(H,20,22). The molecule has 0 radical (unpaired) electrons. The highest BCUT2D eigenvalue weighted by Gasteiger charge is 2.33. The Hall–Kier alpha value is -2.11. The molecule has 1 N–H and O–H groups in total. The number of carbonyl (C=O) groups excluding carboxylic acids is 1. The lowest BCUT2D eigenvalue weighted by Crippen LogP contribution is -2.40. The molecule has 1 aliphatic rings. The highest BCUT2D eigenvalue weighted by Crippen LogP contribution is 2.40. The molecule has 6 heteroatoms. The monoisotopic (exact) mass is 348 g/mol. The number of benzene rings is 1.